The third-order valence-electron chi connectivity index (χ3n) is 4.49. The Morgan fingerprint density at radius 2 is 2.00 bits per heavy atom. The first-order valence-corrected chi connectivity index (χ1v) is 8.43. The smallest absolute Gasteiger partial charge is 0.220 e. The standard InChI is InChI=1S/C16H30N2O2.ClH/c19-16(8-7-14-9-11-17-13-14)18-10-4-12-20-15-5-2-1-3-6-15;/h14-15,17H,1-13H2,(H,18,19);1H. The Morgan fingerprint density at radius 1 is 1.19 bits per heavy atom. The summed E-state index contributed by atoms with van der Waals surface area (Å²) in [6.45, 7) is 3.75. The molecule has 1 aliphatic carbocycles. The fourth-order valence-corrected chi connectivity index (χ4v) is 3.17. The maximum absolute atomic E-state index is 11.7. The van der Waals surface area contributed by atoms with Gasteiger partial charge < -0.3 is 15.4 Å². The molecule has 2 aliphatic rings. The second-order valence-corrected chi connectivity index (χ2v) is 6.23. The summed E-state index contributed by atoms with van der Waals surface area (Å²) >= 11 is 0. The molecule has 1 atom stereocenters. The predicted octanol–water partition coefficient (Wildman–Crippen LogP) is 2.65. The van der Waals surface area contributed by atoms with Crippen LogP contribution in [0.3, 0.4) is 0 Å². The van der Waals surface area contributed by atoms with E-state index in [1.807, 2.05) is 0 Å². The van der Waals surface area contributed by atoms with Gasteiger partial charge in [-0.25, -0.2) is 0 Å². The fraction of sp³-hybridized carbons (Fsp3) is 0.938. The molecule has 0 aromatic carbocycles. The number of carbonyl (C=O) groups excluding carboxylic acids is 1. The van der Waals surface area contributed by atoms with Crippen LogP contribution in [-0.2, 0) is 9.53 Å². The Bertz CT molecular complexity index is 277. The van der Waals surface area contributed by atoms with Gasteiger partial charge in [-0.15, -0.1) is 12.4 Å². The molecule has 124 valence electrons. The van der Waals surface area contributed by atoms with Crippen molar-refractivity contribution in [2.24, 2.45) is 5.92 Å². The first-order chi connectivity index (χ1) is 9.84. The van der Waals surface area contributed by atoms with Gasteiger partial charge in [0.2, 0.25) is 5.91 Å². The lowest BCUT2D eigenvalue weighted by molar-refractivity contribution is -0.121. The van der Waals surface area contributed by atoms with Gasteiger partial charge in [0.15, 0.2) is 0 Å². The molecule has 4 nitrogen and oxygen atoms in total. The van der Waals surface area contributed by atoms with Crippen LogP contribution in [0.15, 0.2) is 0 Å². The maximum Gasteiger partial charge on any atom is 0.220 e. The molecule has 0 aromatic heterocycles. The average Bonchev–Trinajstić information content (AvgIpc) is 2.99. The highest BCUT2D eigenvalue weighted by molar-refractivity contribution is 5.85. The van der Waals surface area contributed by atoms with Crippen LogP contribution in [0.4, 0.5) is 0 Å². The fourth-order valence-electron chi connectivity index (χ4n) is 3.17. The molecule has 5 heteroatoms. The van der Waals surface area contributed by atoms with Crippen LogP contribution in [-0.4, -0.2) is 38.3 Å². The highest BCUT2D eigenvalue weighted by Gasteiger charge is 2.15. The zero-order chi connectivity index (χ0) is 14.0. The van der Waals surface area contributed by atoms with Gasteiger partial charge in [-0.3, -0.25) is 4.79 Å². The van der Waals surface area contributed by atoms with Crippen LogP contribution in [0.5, 0.6) is 0 Å². The number of nitrogens with one attached hydrogen (secondary N) is 2. The van der Waals surface area contributed by atoms with Crippen LogP contribution in [0.25, 0.3) is 0 Å². The normalized spacial score (nSPS) is 22.8. The Kier molecular flexibility index (Phi) is 10.1. The van der Waals surface area contributed by atoms with E-state index in [1.54, 1.807) is 0 Å². The van der Waals surface area contributed by atoms with E-state index < -0.39 is 0 Å². The summed E-state index contributed by atoms with van der Waals surface area (Å²) in [5, 5.41) is 6.34. The van der Waals surface area contributed by atoms with Gasteiger partial charge in [0.1, 0.15) is 0 Å². The van der Waals surface area contributed by atoms with Gasteiger partial charge in [0.25, 0.3) is 0 Å². The zero-order valence-electron chi connectivity index (χ0n) is 13.1. The molecule has 1 saturated heterocycles. The summed E-state index contributed by atoms with van der Waals surface area (Å²) in [7, 11) is 0. The monoisotopic (exact) mass is 318 g/mol. The van der Waals surface area contributed by atoms with Crippen molar-refractivity contribution in [3.05, 3.63) is 0 Å². The summed E-state index contributed by atoms with van der Waals surface area (Å²) in [5.74, 6) is 0.907. The second-order valence-electron chi connectivity index (χ2n) is 6.23. The number of carbonyl (C=O) groups is 1. The van der Waals surface area contributed by atoms with Gasteiger partial charge >= 0.3 is 0 Å². The van der Waals surface area contributed by atoms with Crippen molar-refractivity contribution in [2.75, 3.05) is 26.2 Å². The van der Waals surface area contributed by atoms with Crippen molar-refractivity contribution in [3.63, 3.8) is 0 Å². The van der Waals surface area contributed by atoms with Gasteiger partial charge in [0, 0.05) is 19.6 Å². The van der Waals surface area contributed by atoms with Crippen molar-refractivity contribution in [1.29, 1.82) is 0 Å². The van der Waals surface area contributed by atoms with Gasteiger partial charge in [-0.05, 0) is 51.1 Å². The molecule has 0 radical (unpaired) electrons. The third kappa shape index (κ3) is 8.03. The minimum atomic E-state index is 0. The molecule has 21 heavy (non-hydrogen) atoms. The molecular formula is C16H31ClN2O2. The Labute approximate surface area is 135 Å². The average molecular weight is 319 g/mol. The Hall–Kier alpha value is -0.320. The molecule has 1 unspecified atom stereocenters. The van der Waals surface area contributed by atoms with Crippen molar-refractivity contribution >= 4 is 18.3 Å². The van der Waals surface area contributed by atoms with E-state index in [4.69, 9.17) is 4.74 Å². The molecule has 2 rings (SSSR count). The van der Waals surface area contributed by atoms with Crippen molar-refractivity contribution in [2.45, 2.75) is 63.9 Å². The summed E-state index contributed by atoms with van der Waals surface area (Å²) < 4.78 is 5.85. The van der Waals surface area contributed by atoms with Gasteiger partial charge in [-0.1, -0.05) is 19.3 Å². The van der Waals surface area contributed by atoms with Crippen molar-refractivity contribution < 1.29 is 9.53 Å². The number of rotatable bonds is 8. The Morgan fingerprint density at radius 3 is 2.71 bits per heavy atom. The molecule has 2 fully saturated rings. The van der Waals surface area contributed by atoms with Crippen LogP contribution in [0, 0.1) is 5.92 Å². The molecule has 0 bridgehead atoms. The predicted molar refractivity (Wildman–Crippen MR) is 87.9 cm³/mol. The maximum atomic E-state index is 11.7. The summed E-state index contributed by atoms with van der Waals surface area (Å²) in [6, 6.07) is 0. The third-order valence-corrected chi connectivity index (χ3v) is 4.49. The number of amides is 1. The van der Waals surface area contributed by atoms with E-state index in [0.29, 0.717) is 18.4 Å². The quantitative estimate of drug-likeness (QED) is 0.676. The molecule has 1 saturated carbocycles. The van der Waals surface area contributed by atoms with Crippen LogP contribution >= 0.6 is 12.4 Å². The van der Waals surface area contributed by atoms with Crippen LogP contribution in [0.2, 0.25) is 0 Å². The van der Waals surface area contributed by atoms with Crippen LogP contribution < -0.4 is 10.6 Å². The number of hydrogen-bond donors (Lipinski definition) is 2. The lowest BCUT2D eigenvalue weighted by Crippen LogP contribution is -2.26. The van der Waals surface area contributed by atoms with Crippen LogP contribution in [0.1, 0.15) is 57.8 Å². The summed E-state index contributed by atoms with van der Waals surface area (Å²) in [6.07, 6.45) is 10.8. The summed E-state index contributed by atoms with van der Waals surface area (Å²) in [5.41, 5.74) is 0. The van der Waals surface area contributed by atoms with E-state index in [0.717, 1.165) is 39.1 Å². The molecule has 0 aromatic rings. The molecule has 1 amide bonds. The zero-order valence-corrected chi connectivity index (χ0v) is 13.9. The molecular weight excluding hydrogens is 288 g/mol. The topological polar surface area (TPSA) is 50.4 Å². The summed E-state index contributed by atoms with van der Waals surface area (Å²) in [4.78, 5) is 11.7. The molecule has 1 aliphatic heterocycles. The first kappa shape index (κ1) is 18.7. The minimum absolute atomic E-state index is 0. The lowest BCUT2D eigenvalue weighted by atomic mass is 9.98. The highest BCUT2D eigenvalue weighted by Crippen LogP contribution is 2.20. The highest BCUT2D eigenvalue weighted by atomic mass is 35.5. The number of hydrogen-bond acceptors (Lipinski definition) is 3. The molecule has 1 heterocycles. The van der Waals surface area contributed by atoms with E-state index in [1.165, 1.54) is 38.5 Å². The van der Waals surface area contributed by atoms with E-state index >= 15 is 0 Å². The number of ether oxygens (including phenoxy) is 1. The largest absolute Gasteiger partial charge is 0.378 e. The molecule has 0 spiro atoms. The Balaban J connectivity index is 0.00000220. The van der Waals surface area contributed by atoms with E-state index in [-0.39, 0.29) is 18.3 Å². The number of halogens is 1. The van der Waals surface area contributed by atoms with Crippen molar-refractivity contribution in [1.82, 2.24) is 10.6 Å². The van der Waals surface area contributed by atoms with Gasteiger partial charge in [-0.2, -0.15) is 0 Å². The SMILES string of the molecule is Cl.O=C(CCC1CCNC1)NCCCOC1CCCCC1. The first-order valence-electron chi connectivity index (χ1n) is 8.43. The second kappa shape index (κ2) is 11.3. The van der Waals surface area contributed by atoms with Gasteiger partial charge in [0.05, 0.1) is 6.10 Å². The van der Waals surface area contributed by atoms with Crippen molar-refractivity contribution in [3.8, 4) is 0 Å². The van der Waals surface area contributed by atoms with E-state index in [9.17, 15) is 4.79 Å². The molecule has 2 N–H and O–H groups in total. The van der Waals surface area contributed by atoms with E-state index in [2.05, 4.69) is 10.6 Å². The lowest BCUT2D eigenvalue weighted by Gasteiger charge is -2.21. The minimum Gasteiger partial charge on any atom is -0.378 e.